The van der Waals surface area contributed by atoms with Gasteiger partial charge >= 0.3 is 0 Å². The molecule has 0 spiro atoms. The number of hydrogen-bond acceptors (Lipinski definition) is 3. The maximum absolute atomic E-state index is 9.23. The third-order valence-corrected chi connectivity index (χ3v) is 3.76. The van der Waals surface area contributed by atoms with Crippen LogP contribution in [0.5, 0.6) is 11.5 Å². The lowest BCUT2D eigenvalue weighted by atomic mass is 9.86. The molecule has 0 heterocycles. The average Bonchev–Trinajstić information content (AvgIpc) is 2.91. The second-order valence-electron chi connectivity index (χ2n) is 5.63. The van der Waals surface area contributed by atoms with Crippen LogP contribution in [0.2, 0.25) is 0 Å². The Morgan fingerprint density at radius 2 is 1.89 bits per heavy atom. The Bertz CT molecular complexity index is 482. The quantitative estimate of drug-likeness (QED) is 0.825. The van der Waals surface area contributed by atoms with Crippen LogP contribution in [0.1, 0.15) is 45.1 Å². The molecule has 0 saturated heterocycles. The van der Waals surface area contributed by atoms with E-state index in [2.05, 4.69) is 6.07 Å². The average molecular weight is 259 g/mol. The molecule has 0 aliphatic heterocycles. The first-order valence-corrected chi connectivity index (χ1v) is 6.83. The molecule has 1 aliphatic carbocycles. The molecule has 0 aromatic heterocycles. The summed E-state index contributed by atoms with van der Waals surface area (Å²) in [6.07, 6.45) is 4.96. The molecule has 2 rings (SSSR count). The summed E-state index contributed by atoms with van der Waals surface area (Å²) in [5, 5.41) is 9.23. The van der Waals surface area contributed by atoms with E-state index in [1.165, 1.54) is 12.8 Å². The highest BCUT2D eigenvalue weighted by Gasteiger charge is 2.23. The molecule has 0 amide bonds. The van der Waals surface area contributed by atoms with E-state index in [0.717, 1.165) is 29.9 Å². The molecule has 0 bridgehead atoms. The van der Waals surface area contributed by atoms with Gasteiger partial charge in [0.25, 0.3) is 0 Å². The van der Waals surface area contributed by atoms with Crippen LogP contribution in [-0.2, 0) is 5.41 Å². The Balaban J connectivity index is 2.28. The van der Waals surface area contributed by atoms with Crippen LogP contribution in [0.4, 0.5) is 0 Å². The van der Waals surface area contributed by atoms with Gasteiger partial charge in [-0.2, -0.15) is 5.26 Å². The number of nitriles is 1. The van der Waals surface area contributed by atoms with Gasteiger partial charge in [0.05, 0.1) is 24.7 Å². The van der Waals surface area contributed by atoms with E-state index in [4.69, 9.17) is 9.47 Å². The van der Waals surface area contributed by atoms with Crippen molar-refractivity contribution in [3.05, 3.63) is 23.8 Å². The van der Waals surface area contributed by atoms with Crippen molar-refractivity contribution in [2.45, 2.75) is 51.0 Å². The molecular formula is C16H21NO2. The van der Waals surface area contributed by atoms with Gasteiger partial charge in [0.15, 0.2) is 11.5 Å². The van der Waals surface area contributed by atoms with Crippen LogP contribution in [0.15, 0.2) is 18.2 Å². The summed E-state index contributed by atoms with van der Waals surface area (Å²) < 4.78 is 11.4. The van der Waals surface area contributed by atoms with Crippen LogP contribution < -0.4 is 9.47 Å². The summed E-state index contributed by atoms with van der Waals surface area (Å²) in [7, 11) is 1.64. The van der Waals surface area contributed by atoms with Crippen molar-refractivity contribution in [3.63, 3.8) is 0 Å². The second-order valence-corrected chi connectivity index (χ2v) is 5.63. The normalized spacial score (nSPS) is 16.1. The topological polar surface area (TPSA) is 42.2 Å². The number of rotatable bonds is 4. The highest BCUT2D eigenvalue weighted by atomic mass is 16.5. The van der Waals surface area contributed by atoms with Gasteiger partial charge in [0, 0.05) is 0 Å². The first-order valence-electron chi connectivity index (χ1n) is 6.83. The Morgan fingerprint density at radius 3 is 2.47 bits per heavy atom. The van der Waals surface area contributed by atoms with Crippen LogP contribution in [-0.4, -0.2) is 13.2 Å². The van der Waals surface area contributed by atoms with Crippen molar-refractivity contribution < 1.29 is 9.47 Å². The Labute approximate surface area is 115 Å². The summed E-state index contributed by atoms with van der Waals surface area (Å²) in [6.45, 7) is 3.82. The van der Waals surface area contributed by atoms with Gasteiger partial charge in [-0.25, -0.2) is 0 Å². The fraction of sp³-hybridized carbons (Fsp3) is 0.562. The molecule has 1 aromatic carbocycles. The Kier molecular flexibility index (Phi) is 3.99. The minimum absolute atomic E-state index is 0.286. The van der Waals surface area contributed by atoms with Gasteiger partial charge in [-0.3, -0.25) is 0 Å². The molecule has 1 aromatic rings. The summed E-state index contributed by atoms with van der Waals surface area (Å²) in [4.78, 5) is 0. The number of ether oxygens (including phenoxy) is 2. The van der Waals surface area contributed by atoms with Gasteiger partial charge in [0.1, 0.15) is 0 Å². The lowest BCUT2D eigenvalue weighted by Crippen LogP contribution is -2.16. The highest BCUT2D eigenvalue weighted by Crippen LogP contribution is 2.35. The molecule has 1 fully saturated rings. The van der Waals surface area contributed by atoms with Crippen molar-refractivity contribution in [1.29, 1.82) is 5.26 Å². The smallest absolute Gasteiger partial charge is 0.161 e. The van der Waals surface area contributed by atoms with Gasteiger partial charge < -0.3 is 9.47 Å². The fourth-order valence-corrected chi connectivity index (χ4v) is 2.41. The van der Waals surface area contributed by atoms with Gasteiger partial charge in [0.2, 0.25) is 0 Å². The molecule has 1 aliphatic rings. The predicted molar refractivity (Wildman–Crippen MR) is 74.5 cm³/mol. The minimum atomic E-state index is -0.514. The third kappa shape index (κ3) is 3.01. The Morgan fingerprint density at radius 1 is 1.21 bits per heavy atom. The number of methoxy groups -OCH3 is 1. The molecule has 3 heteroatoms. The molecular weight excluding hydrogens is 238 g/mol. The molecule has 0 unspecified atom stereocenters. The van der Waals surface area contributed by atoms with Crippen molar-refractivity contribution in [2.24, 2.45) is 0 Å². The lowest BCUT2D eigenvalue weighted by molar-refractivity contribution is 0.200. The van der Waals surface area contributed by atoms with E-state index in [0.29, 0.717) is 0 Å². The zero-order valence-corrected chi connectivity index (χ0v) is 11.9. The van der Waals surface area contributed by atoms with E-state index >= 15 is 0 Å². The first kappa shape index (κ1) is 13.7. The second kappa shape index (κ2) is 5.52. The van der Waals surface area contributed by atoms with E-state index in [-0.39, 0.29) is 6.10 Å². The summed E-state index contributed by atoms with van der Waals surface area (Å²) in [5.41, 5.74) is 0.448. The third-order valence-electron chi connectivity index (χ3n) is 3.76. The zero-order valence-electron chi connectivity index (χ0n) is 11.9. The van der Waals surface area contributed by atoms with E-state index in [1.54, 1.807) is 7.11 Å². The number of hydrogen-bond donors (Lipinski definition) is 0. The monoisotopic (exact) mass is 259 g/mol. The Hall–Kier alpha value is -1.69. The van der Waals surface area contributed by atoms with Crippen LogP contribution in [0.3, 0.4) is 0 Å². The highest BCUT2D eigenvalue weighted by molar-refractivity contribution is 5.46. The molecule has 0 radical (unpaired) electrons. The molecule has 3 nitrogen and oxygen atoms in total. The SMILES string of the molecule is COc1ccc(C(C)(C)C#N)cc1OC1CCCC1. The standard InChI is InChI=1S/C16H21NO2/c1-16(2,11-17)12-8-9-14(18-3)15(10-12)19-13-6-4-5-7-13/h8-10,13H,4-7H2,1-3H3. The molecule has 0 atom stereocenters. The van der Waals surface area contributed by atoms with Crippen molar-refractivity contribution in [3.8, 4) is 17.6 Å². The largest absolute Gasteiger partial charge is 0.493 e. The van der Waals surface area contributed by atoms with E-state index in [9.17, 15) is 5.26 Å². The maximum Gasteiger partial charge on any atom is 0.161 e. The van der Waals surface area contributed by atoms with Crippen LogP contribution in [0, 0.1) is 11.3 Å². The minimum Gasteiger partial charge on any atom is -0.493 e. The molecule has 0 N–H and O–H groups in total. The van der Waals surface area contributed by atoms with Crippen LogP contribution >= 0.6 is 0 Å². The molecule has 19 heavy (non-hydrogen) atoms. The van der Waals surface area contributed by atoms with Crippen molar-refractivity contribution >= 4 is 0 Å². The number of benzene rings is 1. The molecule has 102 valence electrons. The number of nitrogens with zero attached hydrogens (tertiary/aromatic N) is 1. The van der Waals surface area contributed by atoms with Gasteiger partial charge in [-0.1, -0.05) is 6.07 Å². The van der Waals surface area contributed by atoms with E-state index in [1.807, 2.05) is 32.0 Å². The molecule has 1 saturated carbocycles. The zero-order chi connectivity index (χ0) is 13.9. The fourth-order valence-electron chi connectivity index (χ4n) is 2.41. The maximum atomic E-state index is 9.23. The van der Waals surface area contributed by atoms with Crippen LogP contribution in [0.25, 0.3) is 0 Å². The predicted octanol–water partition coefficient (Wildman–Crippen LogP) is 3.82. The first-order chi connectivity index (χ1) is 9.06. The summed E-state index contributed by atoms with van der Waals surface area (Å²) >= 11 is 0. The van der Waals surface area contributed by atoms with E-state index < -0.39 is 5.41 Å². The van der Waals surface area contributed by atoms with Gasteiger partial charge in [-0.15, -0.1) is 0 Å². The van der Waals surface area contributed by atoms with Crippen molar-refractivity contribution in [2.75, 3.05) is 7.11 Å². The van der Waals surface area contributed by atoms with Crippen molar-refractivity contribution in [1.82, 2.24) is 0 Å². The summed E-state index contributed by atoms with van der Waals surface area (Å²) in [6, 6.07) is 8.09. The lowest BCUT2D eigenvalue weighted by Gasteiger charge is -2.20. The summed E-state index contributed by atoms with van der Waals surface area (Å²) in [5.74, 6) is 1.50. The van der Waals surface area contributed by atoms with Gasteiger partial charge in [-0.05, 0) is 57.2 Å².